The maximum atomic E-state index is 13.8. The summed E-state index contributed by atoms with van der Waals surface area (Å²) in [7, 11) is 0. The molecule has 0 bridgehead atoms. The molecule has 4 aromatic rings. The monoisotopic (exact) mass is 523 g/mol. The number of nitrogens with one attached hydrogen (secondary N) is 1. The van der Waals surface area contributed by atoms with E-state index in [4.69, 9.17) is 4.98 Å². The van der Waals surface area contributed by atoms with Crippen molar-refractivity contribution in [1.29, 1.82) is 0 Å². The van der Waals surface area contributed by atoms with Gasteiger partial charge in [0.1, 0.15) is 5.69 Å². The summed E-state index contributed by atoms with van der Waals surface area (Å²) in [6.45, 7) is 4.00. The second-order valence-electron chi connectivity index (χ2n) is 10.5. The number of fused-ring (bicyclic) bond motifs is 3. The Hall–Kier alpha value is -3.81. The number of pyridine rings is 1. The van der Waals surface area contributed by atoms with Gasteiger partial charge in [0.25, 0.3) is 11.8 Å². The van der Waals surface area contributed by atoms with Crippen molar-refractivity contribution in [3.8, 4) is 21.7 Å². The predicted molar refractivity (Wildman–Crippen MR) is 151 cm³/mol. The quantitative estimate of drug-likeness (QED) is 0.346. The lowest BCUT2D eigenvalue weighted by molar-refractivity contribution is 0.0786. The first-order valence-corrected chi connectivity index (χ1v) is 13.7. The fraction of sp³-hybridized carbons (Fsp3) is 0.258. The van der Waals surface area contributed by atoms with E-state index in [1.54, 1.807) is 24.8 Å². The Morgan fingerprint density at radius 3 is 2.53 bits per heavy atom. The first-order valence-electron chi connectivity index (χ1n) is 12.9. The smallest absolute Gasteiger partial charge is 0.276 e. The lowest BCUT2D eigenvalue weighted by Crippen LogP contribution is -2.33. The third-order valence-electron chi connectivity index (χ3n) is 7.09. The molecule has 0 radical (unpaired) electrons. The molecule has 0 spiro atoms. The number of thiophene rings is 1. The molecule has 2 N–H and O–H groups in total. The number of benzene rings is 2. The normalized spacial score (nSPS) is 14.9. The fourth-order valence-electron chi connectivity index (χ4n) is 4.80. The Bertz CT molecular complexity index is 1530. The number of amides is 2. The summed E-state index contributed by atoms with van der Waals surface area (Å²) in [4.78, 5) is 34.8. The van der Waals surface area contributed by atoms with Crippen molar-refractivity contribution in [1.82, 2.24) is 10.3 Å². The van der Waals surface area contributed by atoms with Crippen LogP contribution in [0.15, 0.2) is 72.8 Å². The van der Waals surface area contributed by atoms with Crippen LogP contribution in [0.3, 0.4) is 0 Å². The summed E-state index contributed by atoms with van der Waals surface area (Å²) < 4.78 is 0. The number of para-hydroxylation sites is 1. The van der Waals surface area contributed by atoms with Crippen molar-refractivity contribution in [2.75, 3.05) is 11.4 Å². The zero-order valence-corrected chi connectivity index (χ0v) is 22.2. The highest BCUT2D eigenvalue weighted by Crippen LogP contribution is 2.42. The van der Waals surface area contributed by atoms with Crippen molar-refractivity contribution in [2.24, 2.45) is 0 Å². The van der Waals surface area contributed by atoms with Gasteiger partial charge in [0.2, 0.25) is 0 Å². The van der Waals surface area contributed by atoms with Gasteiger partial charge in [0, 0.05) is 28.6 Å². The SMILES string of the molecule is CC(C)(O)c1ccc(-c2cccc(C(=O)N3CCc4cc(C(=O)NC5CC5)sc4-c4ccccc43)n2)cc1. The standard InChI is InChI=1S/C31H29N3O3S/c1-31(2,37)21-12-10-19(11-13-21)24-7-5-8-25(33-24)30(36)34-17-16-20-18-27(29(35)32-22-14-15-22)38-28(20)23-6-3-4-9-26(23)34/h3-13,18,22,37H,14-17H2,1-2H3,(H,32,35). The van der Waals surface area contributed by atoms with E-state index in [1.807, 2.05) is 66.7 Å². The second kappa shape index (κ2) is 9.49. The molecule has 7 heteroatoms. The van der Waals surface area contributed by atoms with Crippen molar-refractivity contribution in [3.05, 3.63) is 94.5 Å². The van der Waals surface area contributed by atoms with Gasteiger partial charge in [0.05, 0.1) is 21.9 Å². The summed E-state index contributed by atoms with van der Waals surface area (Å²) in [5.74, 6) is -0.165. The maximum absolute atomic E-state index is 13.8. The van der Waals surface area contributed by atoms with E-state index in [0.717, 1.165) is 50.5 Å². The van der Waals surface area contributed by atoms with Gasteiger partial charge in [-0.2, -0.15) is 0 Å². The molecule has 2 amide bonds. The minimum absolute atomic E-state index is 0.00686. The Balaban J connectivity index is 1.30. The number of anilines is 1. The first-order chi connectivity index (χ1) is 18.3. The third kappa shape index (κ3) is 4.75. The molecule has 1 saturated carbocycles. The highest BCUT2D eigenvalue weighted by Gasteiger charge is 2.29. The van der Waals surface area contributed by atoms with Crippen LogP contribution in [-0.4, -0.2) is 34.5 Å². The molecule has 0 atom stereocenters. The summed E-state index contributed by atoms with van der Waals surface area (Å²) >= 11 is 1.50. The molecular formula is C31H29N3O3S. The van der Waals surface area contributed by atoms with Crippen molar-refractivity contribution >= 4 is 28.8 Å². The van der Waals surface area contributed by atoms with Crippen LogP contribution in [0.4, 0.5) is 5.69 Å². The van der Waals surface area contributed by atoms with Gasteiger partial charge in [-0.15, -0.1) is 11.3 Å². The van der Waals surface area contributed by atoms with Gasteiger partial charge in [-0.1, -0.05) is 48.5 Å². The Morgan fingerprint density at radius 2 is 1.79 bits per heavy atom. The van der Waals surface area contributed by atoms with Gasteiger partial charge < -0.3 is 15.3 Å². The zero-order chi connectivity index (χ0) is 26.4. The average Bonchev–Trinajstić information content (AvgIpc) is 3.66. The topological polar surface area (TPSA) is 82.5 Å². The van der Waals surface area contributed by atoms with E-state index in [2.05, 4.69) is 5.32 Å². The van der Waals surface area contributed by atoms with E-state index >= 15 is 0 Å². The fourth-order valence-corrected chi connectivity index (χ4v) is 5.95. The minimum atomic E-state index is -0.923. The Morgan fingerprint density at radius 1 is 1.03 bits per heavy atom. The summed E-state index contributed by atoms with van der Waals surface area (Å²) in [5, 5.41) is 13.3. The van der Waals surface area contributed by atoms with Crippen LogP contribution in [-0.2, 0) is 12.0 Å². The predicted octanol–water partition coefficient (Wildman–Crippen LogP) is 5.80. The summed E-state index contributed by atoms with van der Waals surface area (Å²) in [5.41, 5.74) is 4.72. The summed E-state index contributed by atoms with van der Waals surface area (Å²) in [6.07, 6.45) is 2.76. The van der Waals surface area contributed by atoms with Gasteiger partial charge in [-0.25, -0.2) is 4.98 Å². The van der Waals surface area contributed by atoms with E-state index in [0.29, 0.717) is 30.4 Å². The van der Waals surface area contributed by atoms with Crippen LogP contribution in [0.1, 0.15) is 58.0 Å². The van der Waals surface area contributed by atoms with Crippen LogP contribution < -0.4 is 10.2 Å². The lowest BCUT2D eigenvalue weighted by atomic mass is 9.96. The number of carbonyl (C=O) groups is 2. The molecule has 0 saturated heterocycles. The number of carbonyl (C=O) groups excluding carboxylic acids is 2. The molecule has 38 heavy (non-hydrogen) atoms. The van der Waals surface area contributed by atoms with E-state index < -0.39 is 5.60 Å². The first kappa shape index (κ1) is 24.5. The number of hydrogen-bond acceptors (Lipinski definition) is 5. The molecule has 1 aliphatic heterocycles. The van der Waals surface area contributed by atoms with Gasteiger partial charge in [-0.3, -0.25) is 9.59 Å². The second-order valence-corrected chi connectivity index (χ2v) is 11.5. The number of hydrogen-bond donors (Lipinski definition) is 2. The number of nitrogens with zero attached hydrogens (tertiary/aromatic N) is 2. The maximum Gasteiger partial charge on any atom is 0.276 e. The molecule has 2 aliphatic rings. The molecule has 0 unspecified atom stereocenters. The van der Waals surface area contributed by atoms with Crippen LogP contribution >= 0.6 is 11.3 Å². The molecule has 3 heterocycles. The molecule has 2 aromatic carbocycles. The third-order valence-corrected chi connectivity index (χ3v) is 8.30. The molecule has 1 fully saturated rings. The van der Waals surface area contributed by atoms with Crippen LogP contribution in [0, 0.1) is 0 Å². The molecule has 6 rings (SSSR count). The van der Waals surface area contributed by atoms with Crippen molar-refractivity contribution in [2.45, 2.75) is 44.8 Å². The minimum Gasteiger partial charge on any atom is -0.386 e. The number of rotatable bonds is 5. The van der Waals surface area contributed by atoms with Crippen LogP contribution in [0.25, 0.3) is 21.7 Å². The number of aliphatic hydroxyl groups is 1. The van der Waals surface area contributed by atoms with Crippen LogP contribution in [0.5, 0.6) is 0 Å². The molecule has 192 valence electrons. The van der Waals surface area contributed by atoms with Gasteiger partial charge >= 0.3 is 0 Å². The Kier molecular flexibility index (Phi) is 6.13. The average molecular weight is 524 g/mol. The van der Waals surface area contributed by atoms with E-state index in [-0.39, 0.29) is 11.8 Å². The molecule has 2 aromatic heterocycles. The zero-order valence-electron chi connectivity index (χ0n) is 21.4. The Labute approximate surface area is 226 Å². The largest absolute Gasteiger partial charge is 0.386 e. The van der Waals surface area contributed by atoms with Crippen molar-refractivity contribution in [3.63, 3.8) is 0 Å². The highest BCUT2D eigenvalue weighted by molar-refractivity contribution is 7.17. The lowest BCUT2D eigenvalue weighted by Gasteiger charge is -2.23. The highest BCUT2D eigenvalue weighted by atomic mass is 32.1. The van der Waals surface area contributed by atoms with Gasteiger partial charge in [-0.05, 0) is 68.5 Å². The van der Waals surface area contributed by atoms with E-state index in [9.17, 15) is 14.7 Å². The molecular weight excluding hydrogens is 494 g/mol. The molecule has 1 aliphatic carbocycles. The summed E-state index contributed by atoms with van der Waals surface area (Å²) in [6, 6.07) is 23.3. The van der Waals surface area contributed by atoms with Crippen molar-refractivity contribution < 1.29 is 14.7 Å². The van der Waals surface area contributed by atoms with Crippen LogP contribution in [0.2, 0.25) is 0 Å². The van der Waals surface area contributed by atoms with Gasteiger partial charge in [0.15, 0.2) is 0 Å². The molecule has 6 nitrogen and oxygen atoms in total. The van der Waals surface area contributed by atoms with E-state index in [1.165, 1.54) is 11.3 Å². The number of aromatic nitrogens is 1.